The molecule has 2 aliphatic heterocycles. The lowest BCUT2D eigenvalue weighted by molar-refractivity contribution is -0.137. The summed E-state index contributed by atoms with van der Waals surface area (Å²) in [6.07, 6.45) is -3.14. The average molecular weight is 752 g/mol. The van der Waals surface area contributed by atoms with Crippen LogP contribution in [0.3, 0.4) is 0 Å². The molecule has 0 bridgehead atoms. The van der Waals surface area contributed by atoms with E-state index in [-0.39, 0.29) is 83.7 Å². The summed E-state index contributed by atoms with van der Waals surface area (Å²) in [5, 5.41) is 17.3. The maximum Gasteiger partial charge on any atom is 0.416 e. The van der Waals surface area contributed by atoms with Gasteiger partial charge in [0.1, 0.15) is 24.3 Å². The number of benzene rings is 2. The molecule has 0 spiro atoms. The lowest BCUT2D eigenvalue weighted by atomic mass is 10.0. The monoisotopic (exact) mass is 751 g/mol. The van der Waals surface area contributed by atoms with Crippen LogP contribution in [0.15, 0.2) is 47.5 Å². The van der Waals surface area contributed by atoms with Crippen LogP contribution in [0.1, 0.15) is 52.8 Å². The summed E-state index contributed by atoms with van der Waals surface area (Å²) in [7, 11) is 0. The van der Waals surface area contributed by atoms with E-state index in [0.29, 0.717) is 17.9 Å². The Morgan fingerprint density at radius 3 is 2.55 bits per heavy atom. The molecule has 3 aromatic heterocycles. The number of rotatable bonds is 7. The van der Waals surface area contributed by atoms with Gasteiger partial charge in [0.05, 0.1) is 34.3 Å². The topological polar surface area (TPSA) is 160 Å². The van der Waals surface area contributed by atoms with Crippen molar-refractivity contribution in [3.63, 3.8) is 0 Å². The minimum Gasteiger partial charge on any atom is -0.504 e. The van der Waals surface area contributed by atoms with Gasteiger partial charge >= 0.3 is 6.18 Å². The van der Waals surface area contributed by atoms with Crippen LogP contribution in [-0.2, 0) is 23.9 Å². The van der Waals surface area contributed by atoms with Crippen molar-refractivity contribution >= 4 is 40.6 Å². The van der Waals surface area contributed by atoms with Gasteiger partial charge in [0, 0.05) is 43.2 Å². The molecule has 5 heterocycles. The van der Waals surface area contributed by atoms with Gasteiger partial charge in [-0.3, -0.25) is 14.4 Å². The Labute approximate surface area is 304 Å². The summed E-state index contributed by atoms with van der Waals surface area (Å²) in [5.74, 6) is -0.225. The minimum atomic E-state index is -4.62. The highest BCUT2D eigenvalue weighted by molar-refractivity contribution is 6.33. The van der Waals surface area contributed by atoms with Gasteiger partial charge in [0.2, 0.25) is 11.7 Å². The summed E-state index contributed by atoms with van der Waals surface area (Å²) in [6, 6.07) is 8.14. The smallest absolute Gasteiger partial charge is 0.416 e. The van der Waals surface area contributed by atoms with Gasteiger partial charge < -0.3 is 29.5 Å². The van der Waals surface area contributed by atoms with Crippen molar-refractivity contribution in [1.29, 1.82) is 0 Å². The minimum absolute atomic E-state index is 0.0256. The average Bonchev–Trinajstić information content (AvgIpc) is 3.75. The van der Waals surface area contributed by atoms with Crippen LogP contribution < -0.4 is 20.5 Å². The predicted octanol–water partition coefficient (Wildman–Crippen LogP) is 4.69. The summed E-state index contributed by atoms with van der Waals surface area (Å²) in [4.78, 5) is 57.1. The van der Waals surface area contributed by atoms with Crippen molar-refractivity contribution in [3.05, 3.63) is 86.3 Å². The summed E-state index contributed by atoms with van der Waals surface area (Å²) < 4.78 is 48.2. The van der Waals surface area contributed by atoms with Crippen LogP contribution in [0, 0.1) is 6.92 Å². The van der Waals surface area contributed by atoms with E-state index in [1.807, 2.05) is 30.9 Å². The highest BCUT2D eigenvalue weighted by Gasteiger charge is 2.33. The second-order valence-electron chi connectivity index (χ2n) is 12.8. The third-order valence-electron chi connectivity index (χ3n) is 9.41. The normalized spacial score (nSPS) is 15.8. The zero-order chi connectivity index (χ0) is 37.8. The number of fused-ring (bicyclic) bond motifs is 2. The van der Waals surface area contributed by atoms with E-state index in [1.54, 1.807) is 17.6 Å². The van der Waals surface area contributed by atoms with E-state index in [9.17, 15) is 32.7 Å². The van der Waals surface area contributed by atoms with Crippen LogP contribution in [0.2, 0.25) is 5.02 Å². The van der Waals surface area contributed by atoms with Gasteiger partial charge in [-0.05, 0) is 49.7 Å². The Kier molecular flexibility index (Phi) is 9.21. The fourth-order valence-corrected chi connectivity index (χ4v) is 6.82. The van der Waals surface area contributed by atoms with Crippen molar-refractivity contribution in [2.75, 3.05) is 43.0 Å². The number of carbonyl (C=O) groups excluding carboxylic acids is 2. The van der Waals surface area contributed by atoms with Crippen LogP contribution in [-0.4, -0.2) is 83.7 Å². The van der Waals surface area contributed by atoms with Gasteiger partial charge in [-0.1, -0.05) is 25.4 Å². The van der Waals surface area contributed by atoms with Crippen molar-refractivity contribution < 1.29 is 32.6 Å². The molecule has 7 rings (SSSR count). The summed E-state index contributed by atoms with van der Waals surface area (Å²) in [5.41, 5.74) is 0.977. The van der Waals surface area contributed by atoms with Crippen molar-refractivity contribution in [2.24, 2.45) is 0 Å². The lowest BCUT2D eigenvalue weighted by Gasteiger charge is -2.36. The second-order valence-corrected chi connectivity index (χ2v) is 13.2. The number of aryl methyl sites for hydroxylation is 1. The molecule has 5 aromatic rings. The van der Waals surface area contributed by atoms with Crippen molar-refractivity contribution in [1.82, 2.24) is 34.0 Å². The van der Waals surface area contributed by atoms with E-state index < -0.39 is 35.7 Å². The lowest BCUT2D eigenvalue weighted by Crippen LogP contribution is -2.51. The van der Waals surface area contributed by atoms with E-state index in [0.717, 1.165) is 34.0 Å². The standard InChI is InChI=1S/C35H33ClF3N9O5/c1-4-25-29(45-9-11-46(12-10-45)32(51)28-30(50)19(3)40-17-41-28)33(52)48-34(43-31(44-48)20-5-8-26-22(13-20)18(2)16-53-26)47(25)15-27(49)42-24-7-6-21(14-23(24)36)35(37,38)39/h5-8,13-14,17-18,50H,4,9-12,15-16H2,1-3H3,(H,42,49). The highest BCUT2D eigenvalue weighted by Crippen LogP contribution is 2.37. The van der Waals surface area contributed by atoms with Gasteiger partial charge in [0.15, 0.2) is 17.3 Å². The summed E-state index contributed by atoms with van der Waals surface area (Å²) >= 11 is 6.14. The van der Waals surface area contributed by atoms with Gasteiger partial charge in [-0.25, -0.2) is 9.97 Å². The fraction of sp³-hybridized carbons (Fsp3) is 0.343. The number of alkyl halides is 3. The molecule has 2 aliphatic rings. The first-order valence-corrected chi connectivity index (χ1v) is 17.1. The van der Waals surface area contributed by atoms with Crippen LogP contribution in [0.4, 0.5) is 24.5 Å². The molecule has 14 nitrogen and oxygen atoms in total. The van der Waals surface area contributed by atoms with E-state index in [1.165, 1.54) is 11.2 Å². The van der Waals surface area contributed by atoms with Crippen LogP contribution in [0.5, 0.6) is 11.5 Å². The molecule has 2 amide bonds. The van der Waals surface area contributed by atoms with E-state index in [2.05, 4.69) is 20.4 Å². The number of ether oxygens (including phenoxy) is 1. The van der Waals surface area contributed by atoms with Gasteiger partial charge in [-0.15, -0.1) is 5.10 Å². The molecule has 0 saturated carbocycles. The first kappa shape index (κ1) is 35.7. The molecule has 1 saturated heterocycles. The van der Waals surface area contributed by atoms with Crippen molar-refractivity contribution in [3.8, 4) is 22.9 Å². The molecule has 1 atom stereocenters. The molecule has 53 heavy (non-hydrogen) atoms. The molecule has 0 aliphatic carbocycles. The molecule has 2 aromatic carbocycles. The fourth-order valence-electron chi connectivity index (χ4n) is 6.59. The quantitative estimate of drug-likeness (QED) is 0.239. The van der Waals surface area contributed by atoms with Crippen LogP contribution in [0.25, 0.3) is 17.2 Å². The van der Waals surface area contributed by atoms with Gasteiger partial charge in [0.25, 0.3) is 11.5 Å². The Morgan fingerprint density at radius 2 is 1.85 bits per heavy atom. The molecular weight excluding hydrogens is 719 g/mol. The number of amides is 2. The number of nitrogens with one attached hydrogen (secondary N) is 1. The molecule has 276 valence electrons. The number of hydrogen-bond acceptors (Lipinski definition) is 10. The van der Waals surface area contributed by atoms with Crippen LogP contribution >= 0.6 is 11.6 Å². The third-order valence-corrected chi connectivity index (χ3v) is 9.72. The number of carbonyl (C=O) groups is 2. The zero-order valence-corrected chi connectivity index (χ0v) is 29.5. The Morgan fingerprint density at radius 1 is 1.09 bits per heavy atom. The second kappa shape index (κ2) is 13.7. The number of aromatic nitrogens is 6. The summed E-state index contributed by atoms with van der Waals surface area (Å²) in [6.45, 7) is 6.37. The predicted molar refractivity (Wildman–Crippen MR) is 188 cm³/mol. The first-order valence-electron chi connectivity index (χ1n) is 16.8. The Bertz CT molecular complexity index is 2340. The molecule has 18 heteroatoms. The molecule has 1 unspecified atom stereocenters. The maximum absolute atomic E-state index is 14.3. The zero-order valence-electron chi connectivity index (χ0n) is 28.7. The molecule has 1 fully saturated rings. The number of anilines is 2. The van der Waals surface area contributed by atoms with E-state index >= 15 is 0 Å². The third kappa shape index (κ3) is 6.60. The Hall–Kier alpha value is -5.71. The SMILES string of the molecule is CCc1c(N2CCN(C(=O)c3ncnc(C)c3O)CC2)c(=O)n2nc(-c3ccc4c(c3)C(C)CO4)nc2n1CC(=O)Nc1ccc(C(F)(F)F)cc1Cl. The number of nitrogens with zero attached hydrogens (tertiary/aromatic N) is 8. The largest absolute Gasteiger partial charge is 0.504 e. The van der Waals surface area contributed by atoms with Gasteiger partial charge in [-0.2, -0.15) is 22.7 Å². The van der Waals surface area contributed by atoms with E-state index in [4.69, 9.17) is 21.3 Å². The number of halogens is 4. The highest BCUT2D eigenvalue weighted by atomic mass is 35.5. The molecule has 0 radical (unpaired) electrons. The maximum atomic E-state index is 14.3. The number of piperazine rings is 1. The first-order chi connectivity index (χ1) is 25.2. The Balaban J connectivity index is 1.26. The molecule has 2 N–H and O–H groups in total. The number of hydrogen-bond donors (Lipinski definition) is 2. The number of aromatic hydroxyl groups is 1. The van der Waals surface area contributed by atoms with Crippen molar-refractivity contribution in [2.45, 2.75) is 45.8 Å². The molecular formula is C35H33ClF3N9O5.